The monoisotopic (exact) mass is 278 g/mol. The van der Waals surface area contributed by atoms with Crippen LogP contribution in [0.5, 0.6) is 0 Å². The molecule has 4 nitrogen and oxygen atoms in total. The Kier molecular flexibility index (Phi) is 5.22. The number of aromatic nitrogens is 2. The summed E-state index contributed by atoms with van der Waals surface area (Å²) < 4.78 is 2.17. The minimum Gasteiger partial charge on any atom is -0.337 e. The predicted molar refractivity (Wildman–Crippen MR) is 83.7 cm³/mol. The number of hydrogen-bond acceptors (Lipinski definition) is 3. The first-order valence-electron chi connectivity index (χ1n) is 7.96. The molecule has 0 saturated carbocycles. The molecule has 0 aliphatic carbocycles. The van der Waals surface area contributed by atoms with Gasteiger partial charge in [0.25, 0.3) is 0 Å². The van der Waals surface area contributed by atoms with Gasteiger partial charge in [0.1, 0.15) is 0 Å². The van der Waals surface area contributed by atoms with Gasteiger partial charge in [0.05, 0.1) is 6.33 Å². The van der Waals surface area contributed by atoms with Crippen LogP contribution in [-0.4, -0.2) is 45.7 Å². The maximum atomic E-state index is 4.11. The second-order valence-corrected chi connectivity index (χ2v) is 6.84. The number of hydrogen-bond donors (Lipinski definition) is 1. The molecule has 0 aromatic carbocycles. The van der Waals surface area contributed by atoms with E-state index in [9.17, 15) is 0 Å². The molecule has 20 heavy (non-hydrogen) atoms. The van der Waals surface area contributed by atoms with Crippen LogP contribution >= 0.6 is 0 Å². The zero-order valence-electron chi connectivity index (χ0n) is 13.5. The zero-order chi connectivity index (χ0) is 14.6. The van der Waals surface area contributed by atoms with Crippen molar-refractivity contribution in [3.05, 3.63) is 18.7 Å². The summed E-state index contributed by atoms with van der Waals surface area (Å²) in [6.07, 6.45) is 8.27. The van der Waals surface area contributed by atoms with Crippen LogP contribution < -0.4 is 5.32 Å². The van der Waals surface area contributed by atoms with Crippen LogP contribution in [0, 0.1) is 5.92 Å². The first-order chi connectivity index (χ1) is 9.52. The summed E-state index contributed by atoms with van der Waals surface area (Å²) in [7, 11) is 0. The summed E-state index contributed by atoms with van der Waals surface area (Å²) in [5, 5.41) is 3.70. The fourth-order valence-electron chi connectivity index (χ4n) is 3.14. The minimum atomic E-state index is 0.235. The Morgan fingerprint density at radius 3 is 2.85 bits per heavy atom. The van der Waals surface area contributed by atoms with Gasteiger partial charge >= 0.3 is 0 Å². The first-order valence-corrected chi connectivity index (χ1v) is 7.96. The second-order valence-electron chi connectivity index (χ2n) is 6.84. The highest BCUT2D eigenvalue weighted by Crippen LogP contribution is 2.22. The maximum Gasteiger partial charge on any atom is 0.0945 e. The molecule has 0 bridgehead atoms. The molecule has 2 atom stereocenters. The fraction of sp³-hybridized carbons (Fsp3) is 0.812. The van der Waals surface area contributed by atoms with Gasteiger partial charge in [0, 0.05) is 50.2 Å². The quantitative estimate of drug-likeness (QED) is 0.867. The summed E-state index contributed by atoms with van der Waals surface area (Å²) in [5.74, 6) is 0.756. The van der Waals surface area contributed by atoms with Crippen molar-refractivity contribution in [1.29, 1.82) is 0 Å². The lowest BCUT2D eigenvalue weighted by Gasteiger charge is -2.47. The number of aryl methyl sites for hydroxylation is 1. The van der Waals surface area contributed by atoms with Crippen molar-refractivity contribution in [2.24, 2.45) is 5.92 Å². The normalized spacial score (nSPS) is 24.7. The molecular formula is C16H30N4. The largest absolute Gasteiger partial charge is 0.337 e. The number of imidazole rings is 1. The third kappa shape index (κ3) is 4.06. The average Bonchev–Trinajstić information content (AvgIpc) is 2.90. The van der Waals surface area contributed by atoms with Crippen LogP contribution in [0.15, 0.2) is 18.7 Å². The molecule has 1 saturated heterocycles. The minimum absolute atomic E-state index is 0.235. The highest BCUT2D eigenvalue weighted by molar-refractivity contribution is 4.93. The van der Waals surface area contributed by atoms with Crippen LogP contribution in [0.25, 0.3) is 0 Å². The lowest BCUT2D eigenvalue weighted by molar-refractivity contribution is 0.0617. The summed E-state index contributed by atoms with van der Waals surface area (Å²) in [4.78, 5) is 6.80. The molecule has 1 N–H and O–H groups in total. The Morgan fingerprint density at radius 1 is 1.40 bits per heavy atom. The fourth-order valence-corrected chi connectivity index (χ4v) is 3.14. The van der Waals surface area contributed by atoms with E-state index in [0.29, 0.717) is 6.04 Å². The maximum absolute atomic E-state index is 4.11. The van der Waals surface area contributed by atoms with Gasteiger partial charge in [-0.15, -0.1) is 0 Å². The molecule has 1 aromatic rings. The number of nitrogens with one attached hydrogen (secondary N) is 1. The van der Waals surface area contributed by atoms with Crippen molar-refractivity contribution < 1.29 is 0 Å². The molecule has 1 fully saturated rings. The summed E-state index contributed by atoms with van der Waals surface area (Å²) in [6, 6.07) is 0.677. The Hall–Kier alpha value is -0.870. The number of nitrogens with zero attached hydrogens (tertiary/aromatic N) is 3. The molecule has 2 heterocycles. The van der Waals surface area contributed by atoms with Crippen molar-refractivity contribution >= 4 is 0 Å². The van der Waals surface area contributed by atoms with E-state index in [2.05, 4.69) is 47.5 Å². The number of piperazine rings is 1. The SMILES string of the molecule is CCC(C)C1CNC(C)(C)CN1CCCn1ccnc1. The van der Waals surface area contributed by atoms with Gasteiger partial charge in [-0.05, 0) is 26.2 Å². The smallest absolute Gasteiger partial charge is 0.0945 e. The zero-order valence-corrected chi connectivity index (χ0v) is 13.5. The Labute approximate surface area is 123 Å². The molecular weight excluding hydrogens is 248 g/mol. The Balaban J connectivity index is 1.89. The molecule has 2 rings (SSSR count). The van der Waals surface area contributed by atoms with Crippen molar-refractivity contribution in [3.8, 4) is 0 Å². The van der Waals surface area contributed by atoms with E-state index in [-0.39, 0.29) is 5.54 Å². The van der Waals surface area contributed by atoms with Crippen molar-refractivity contribution in [2.75, 3.05) is 19.6 Å². The Bertz CT molecular complexity index is 385. The van der Waals surface area contributed by atoms with Gasteiger partial charge in [-0.25, -0.2) is 4.98 Å². The van der Waals surface area contributed by atoms with Crippen LogP contribution in [0.4, 0.5) is 0 Å². The molecule has 4 heteroatoms. The highest BCUT2D eigenvalue weighted by atomic mass is 15.3. The van der Waals surface area contributed by atoms with Crippen molar-refractivity contribution in [3.63, 3.8) is 0 Å². The van der Waals surface area contributed by atoms with E-state index in [4.69, 9.17) is 0 Å². The third-order valence-corrected chi connectivity index (χ3v) is 4.58. The van der Waals surface area contributed by atoms with Crippen LogP contribution in [-0.2, 0) is 6.54 Å². The Morgan fingerprint density at radius 2 is 2.20 bits per heavy atom. The lowest BCUT2D eigenvalue weighted by atomic mass is 9.90. The molecule has 0 amide bonds. The van der Waals surface area contributed by atoms with E-state index in [1.54, 1.807) is 0 Å². The predicted octanol–water partition coefficient (Wildman–Crippen LogP) is 2.37. The van der Waals surface area contributed by atoms with Gasteiger partial charge in [-0.1, -0.05) is 20.3 Å². The molecule has 114 valence electrons. The molecule has 0 radical (unpaired) electrons. The van der Waals surface area contributed by atoms with Crippen molar-refractivity contribution in [2.45, 2.75) is 58.7 Å². The van der Waals surface area contributed by atoms with Crippen LogP contribution in [0.3, 0.4) is 0 Å². The van der Waals surface area contributed by atoms with E-state index in [1.165, 1.54) is 19.4 Å². The molecule has 1 aliphatic rings. The van der Waals surface area contributed by atoms with E-state index in [1.807, 2.05) is 18.7 Å². The van der Waals surface area contributed by atoms with Crippen LogP contribution in [0.1, 0.15) is 40.5 Å². The average molecular weight is 278 g/mol. The summed E-state index contributed by atoms with van der Waals surface area (Å²) in [6.45, 7) is 13.8. The second kappa shape index (κ2) is 6.72. The first kappa shape index (κ1) is 15.5. The highest BCUT2D eigenvalue weighted by Gasteiger charge is 2.34. The van der Waals surface area contributed by atoms with Gasteiger partial charge in [0.15, 0.2) is 0 Å². The standard InChI is InChI=1S/C16H30N4/c1-5-14(2)15-11-18-16(3,4)12-20(15)9-6-8-19-10-7-17-13-19/h7,10,13-15,18H,5-6,8-9,11-12H2,1-4H3. The van der Waals surface area contributed by atoms with Gasteiger partial charge < -0.3 is 9.88 Å². The summed E-state index contributed by atoms with van der Waals surface area (Å²) in [5.41, 5.74) is 0.235. The topological polar surface area (TPSA) is 33.1 Å². The van der Waals surface area contributed by atoms with Crippen LogP contribution in [0.2, 0.25) is 0 Å². The van der Waals surface area contributed by atoms with Gasteiger partial charge in [-0.2, -0.15) is 0 Å². The summed E-state index contributed by atoms with van der Waals surface area (Å²) >= 11 is 0. The van der Waals surface area contributed by atoms with E-state index < -0.39 is 0 Å². The lowest BCUT2D eigenvalue weighted by Crippen LogP contribution is -2.63. The van der Waals surface area contributed by atoms with E-state index >= 15 is 0 Å². The van der Waals surface area contributed by atoms with Gasteiger partial charge in [-0.3, -0.25) is 4.90 Å². The van der Waals surface area contributed by atoms with E-state index in [0.717, 1.165) is 25.6 Å². The number of rotatable bonds is 6. The molecule has 2 unspecified atom stereocenters. The van der Waals surface area contributed by atoms with Crippen molar-refractivity contribution in [1.82, 2.24) is 19.8 Å². The molecule has 1 aromatic heterocycles. The molecule has 1 aliphatic heterocycles. The third-order valence-electron chi connectivity index (χ3n) is 4.58. The van der Waals surface area contributed by atoms with Gasteiger partial charge in [0.2, 0.25) is 0 Å². The molecule has 0 spiro atoms.